The lowest BCUT2D eigenvalue weighted by molar-refractivity contribution is -0.148. The molecule has 2 aromatic rings. The van der Waals surface area contributed by atoms with E-state index in [0.29, 0.717) is 6.20 Å². The minimum absolute atomic E-state index is 0.0385. The molecule has 1 saturated heterocycles. The summed E-state index contributed by atoms with van der Waals surface area (Å²) in [6, 6.07) is 6.02. The first-order valence-electron chi connectivity index (χ1n) is 11.3. The number of methoxy groups -OCH3 is 1. The standard InChI is InChI=1S/C24H27F5N6O2/c1-14-9-23(25,26)13-35(18(14)12-33-19-8-7-15(10-32-19)24(27,28)29)22(36)21(30)16(11-31-2)17-5-4-6-20(34-17)37-3/h4-8,10-11,14,18H,9,12-13,30H2,1-3H3,(H,32,33). The number of alkyl halides is 5. The van der Waals surface area contributed by atoms with Gasteiger partial charge in [-0.25, -0.2) is 18.7 Å². The normalized spacial score (nSPS) is 20.5. The molecule has 2 aromatic heterocycles. The Bertz CT molecular complexity index is 1170. The number of hydrogen-bond donors (Lipinski definition) is 2. The van der Waals surface area contributed by atoms with E-state index in [1.54, 1.807) is 25.1 Å². The Morgan fingerprint density at radius 2 is 2.05 bits per heavy atom. The van der Waals surface area contributed by atoms with Gasteiger partial charge in [0.2, 0.25) is 5.88 Å². The summed E-state index contributed by atoms with van der Waals surface area (Å²) in [7, 11) is 2.87. The van der Waals surface area contributed by atoms with Gasteiger partial charge in [0, 0.05) is 44.1 Å². The zero-order valence-corrected chi connectivity index (χ0v) is 20.4. The Balaban J connectivity index is 1.91. The number of likely N-dealkylation sites (tertiary alicyclic amines) is 1. The second kappa shape index (κ2) is 11.1. The van der Waals surface area contributed by atoms with E-state index in [-0.39, 0.29) is 35.2 Å². The zero-order valence-electron chi connectivity index (χ0n) is 20.4. The summed E-state index contributed by atoms with van der Waals surface area (Å²) in [5.41, 5.74) is 5.32. The second-order valence-electron chi connectivity index (χ2n) is 8.63. The number of nitrogens with two attached hydrogens (primary N) is 1. The van der Waals surface area contributed by atoms with Crippen LogP contribution in [0.2, 0.25) is 0 Å². The Hall–Kier alpha value is -3.77. The van der Waals surface area contributed by atoms with E-state index < -0.39 is 48.5 Å². The van der Waals surface area contributed by atoms with E-state index in [2.05, 4.69) is 20.3 Å². The monoisotopic (exact) mass is 526 g/mol. The number of amides is 1. The number of nitrogens with one attached hydrogen (secondary N) is 1. The molecule has 3 N–H and O–H groups in total. The van der Waals surface area contributed by atoms with E-state index in [9.17, 15) is 26.7 Å². The van der Waals surface area contributed by atoms with Gasteiger partial charge in [0.15, 0.2) is 0 Å². The highest BCUT2D eigenvalue weighted by molar-refractivity contribution is 6.18. The average Bonchev–Trinajstić information content (AvgIpc) is 2.84. The van der Waals surface area contributed by atoms with Crippen LogP contribution in [-0.2, 0) is 11.0 Å². The molecule has 3 rings (SSSR count). The van der Waals surface area contributed by atoms with Crippen molar-refractivity contribution in [3.63, 3.8) is 0 Å². The molecule has 1 fully saturated rings. The van der Waals surface area contributed by atoms with E-state index in [1.165, 1.54) is 20.4 Å². The van der Waals surface area contributed by atoms with Gasteiger partial charge in [-0.15, -0.1) is 0 Å². The summed E-state index contributed by atoms with van der Waals surface area (Å²) in [5, 5.41) is 2.85. The predicted octanol–water partition coefficient (Wildman–Crippen LogP) is 3.86. The van der Waals surface area contributed by atoms with E-state index >= 15 is 0 Å². The van der Waals surface area contributed by atoms with Crippen LogP contribution in [0.25, 0.3) is 5.57 Å². The number of carbonyl (C=O) groups is 1. The van der Waals surface area contributed by atoms with Gasteiger partial charge >= 0.3 is 6.18 Å². The Morgan fingerprint density at radius 3 is 2.65 bits per heavy atom. The van der Waals surface area contributed by atoms with Crippen molar-refractivity contribution >= 4 is 23.5 Å². The minimum Gasteiger partial charge on any atom is -0.481 e. The molecule has 0 spiro atoms. The van der Waals surface area contributed by atoms with Gasteiger partial charge in [0.1, 0.15) is 11.5 Å². The zero-order chi connectivity index (χ0) is 27.4. The molecule has 3 heterocycles. The summed E-state index contributed by atoms with van der Waals surface area (Å²) in [5.74, 6) is -4.32. The van der Waals surface area contributed by atoms with Crippen molar-refractivity contribution in [1.29, 1.82) is 0 Å². The van der Waals surface area contributed by atoms with E-state index in [4.69, 9.17) is 10.5 Å². The highest BCUT2D eigenvalue weighted by Crippen LogP contribution is 2.35. The van der Waals surface area contributed by atoms with Crippen LogP contribution in [0, 0.1) is 5.92 Å². The maximum atomic E-state index is 14.5. The third-order valence-electron chi connectivity index (χ3n) is 5.91. The molecule has 2 unspecified atom stereocenters. The Morgan fingerprint density at radius 1 is 1.32 bits per heavy atom. The quantitative estimate of drug-likeness (QED) is 0.323. The van der Waals surface area contributed by atoms with Crippen LogP contribution in [0.3, 0.4) is 0 Å². The topological polar surface area (TPSA) is 106 Å². The van der Waals surface area contributed by atoms with Crippen LogP contribution in [0.15, 0.2) is 47.2 Å². The van der Waals surface area contributed by atoms with Crippen LogP contribution in [0.1, 0.15) is 24.6 Å². The molecule has 1 amide bonds. The predicted molar refractivity (Wildman–Crippen MR) is 128 cm³/mol. The first-order chi connectivity index (χ1) is 17.4. The number of aromatic nitrogens is 2. The first kappa shape index (κ1) is 27.8. The molecular formula is C24H27F5N6O2. The maximum absolute atomic E-state index is 14.5. The number of nitrogens with zero attached hydrogens (tertiary/aromatic N) is 4. The highest BCUT2D eigenvalue weighted by Gasteiger charge is 2.46. The summed E-state index contributed by atoms with van der Waals surface area (Å²) >= 11 is 0. The number of pyridine rings is 2. The van der Waals surface area contributed by atoms with Gasteiger partial charge in [-0.1, -0.05) is 13.0 Å². The van der Waals surface area contributed by atoms with Crippen molar-refractivity contribution in [3.05, 3.63) is 53.5 Å². The average molecular weight is 527 g/mol. The fourth-order valence-corrected chi connectivity index (χ4v) is 4.11. The molecule has 200 valence electrons. The summed E-state index contributed by atoms with van der Waals surface area (Å²) in [6.07, 6.45) is -3.05. The minimum atomic E-state index is -4.54. The third-order valence-corrected chi connectivity index (χ3v) is 5.91. The molecule has 13 heteroatoms. The van der Waals surface area contributed by atoms with Crippen LogP contribution in [-0.4, -0.2) is 66.2 Å². The fraction of sp³-hybridized carbons (Fsp3) is 0.417. The van der Waals surface area contributed by atoms with E-state index in [1.807, 2.05) is 0 Å². The first-order valence-corrected chi connectivity index (χ1v) is 11.3. The number of carbonyl (C=O) groups excluding carboxylic acids is 1. The van der Waals surface area contributed by atoms with Crippen molar-refractivity contribution in [1.82, 2.24) is 14.9 Å². The molecular weight excluding hydrogens is 499 g/mol. The number of ether oxygens (including phenoxy) is 1. The summed E-state index contributed by atoms with van der Waals surface area (Å²) < 4.78 is 72.6. The Kier molecular flexibility index (Phi) is 8.34. The van der Waals surface area contributed by atoms with Gasteiger partial charge in [-0.2, -0.15) is 13.2 Å². The van der Waals surface area contributed by atoms with Crippen LogP contribution < -0.4 is 15.8 Å². The lowest BCUT2D eigenvalue weighted by Crippen LogP contribution is -2.58. The Labute approximate surface area is 210 Å². The van der Waals surface area contributed by atoms with Crippen LogP contribution in [0.5, 0.6) is 5.88 Å². The number of rotatable bonds is 7. The number of allylic oxidation sites excluding steroid dienone is 1. The van der Waals surface area contributed by atoms with Gasteiger partial charge in [-0.3, -0.25) is 9.79 Å². The molecule has 0 aromatic carbocycles. The molecule has 0 aliphatic carbocycles. The van der Waals surface area contributed by atoms with Gasteiger partial charge in [-0.05, 0) is 24.1 Å². The molecule has 1 aliphatic heterocycles. The number of halogens is 5. The van der Waals surface area contributed by atoms with Crippen LogP contribution >= 0.6 is 0 Å². The van der Waals surface area contributed by atoms with Gasteiger partial charge in [0.25, 0.3) is 11.8 Å². The smallest absolute Gasteiger partial charge is 0.417 e. The molecule has 0 bridgehead atoms. The van der Waals surface area contributed by atoms with Crippen molar-refractivity contribution in [2.75, 3.05) is 32.6 Å². The van der Waals surface area contributed by atoms with Crippen molar-refractivity contribution in [2.45, 2.75) is 31.5 Å². The number of hydrogen-bond acceptors (Lipinski definition) is 7. The molecule has 0 saturated carbocycles. The largest absolute Gasteiger partial charge is 0.481 e. The molecule has 8 nitrogen and oxygen atoms in total. The highest BCUT2D eigenvalue weighted by atomic mass is 19.4. The molecule has 37 heavy (non-hydrogen) atoms. The van der Waals surface area contributed by atoms with Crippen LogP contribution in [0.4, 0.5) is 27.8 Å². The SMILES string of the molecule is CN=CC(=C(N)C(=O)N1CC(F)(F)CC(C)C1CNc1ccc(C(F)(F)F)cn1)c1cccc(OC)n1. The lowest BCUT2D eigenvalue weighted by atomic mass is 9.88. The fourth-order valence-electron chi connectivity index (χ4n) is 4.11. The number of anilines is 1. The van der Waals surface area contributed by atoms with E-state index in [0.717, 1.165) is 17.0 Å². The van der Waals surface area contributed by atoms with Gasteiger partial charge < -0.3 is 20.7 Å². The number of aliphatic imine (C=N–C) groups is 1. The van der Waals surface area contributed by atoms with Crippen molar-refractivity contribution in [2.24, 2.45) is 16.6 Å². The molecule has 0 radical (unpaired) electrons. The lowest BCUT2D eigenvalue weighted by Gasteiger charge is -2.43. The molecule has 2 atom stereocenters. The van der Waals surface area contributed by atoms with Crippen molar-refractivity contribution < 1.29 is 31.5 Å². The van der Waals surface area contributed by atoms with Gasteiger partial charge in [0.05, 0.1) is 31.0 Å². The summed E-state index contributed by atoms with van der Waals surface area (Å²) in [6.45, 7) is 0.646. The van der Waals surface area contributed by atoms with Crippen molar-refractivity contribution in [3.8, 4) is 5.88 Å². The summed E-state index contributed by atoms with van der Waals surface area (Å²) in [4.78, 5) is 26.4. The molecule has 1 aliphatic rings. The second-order valence-corrected chi connectivity index (χ2v) is 8.63. The third kappa shape index (κ3) is 6.71. The number of piperidine rings is 1. The maximum Gasteiger partial charge on any atom is 0.417 e.